The van der Waals surface area contributed by atoms with Crippen molar-refractivity contribution in [1.82, 2.24) is 10.6 Å². The van der Waals surface area contributed by atoms with Crippen LogP contribution in [0.3, 0.4) is 0 Å². The van der Waals surface area contributed by atoms with E-state index >= 15 is 0 Å². The van der Waals surface area contributed by atoms with E-state index in [0.717, 1.165) is 30.8 Å². The zero-order chi connectivity index (χ0) is 15.8. The highest BCUT2D eigenvalue weighted by Gasteiger charge is 2.15. The molecule has 0 bridgehead atoms. The van der Waals surface area contributed by atoms with Crippen LogP contribution in [-0.4, -0.2) is 37.4 Å². The zero-order valence-electron chi connectivity index (χ0n) is 12.5. The number of ether oxygens (including phenoxy) is 2. The second-order valence-corrected chi connectivity index (χ2v) is 5.35. The third-order valence-electron chi connectivity index (χ3n) is 3.29. The van der Waals surface area contributed by atoms with Crippen molar-refractivity contribution >= 4 is 29.3 Å². The number of carbonyl (C=O) groups excluding carboxylic acids is 1. The lowest BCUT2D eigenvalue weighted by Gasteiger charge is -2.12. The second-order valence-electron chi connectivity index (χ2n) is 4.94. The minimum atomic E-state index is -0.263. The van der Waals surface area contributed by atoms with Crippen LogP contribution in [0, 0.1) is 0 Å². The van der Waals surface area contributed by atoms with Crippen molar-refractivity contribution in [1.29, 1.82) is 0 Å². The van der Waals surface area contributed by atoms with E-state index in [0.29, 0.717) is 11.7 Å². The van der Waals surface area contributed by atoms with Crippen molar-refractivity contribution in [3.05, 3.63) is 35.9 Å². The molecule has 1 aliphatic rings. The molecule has 0 aliphatic carbocycles. The summed E-state index contributed by atoms with van der Waals surface area (Å²) in [6.45, 7) is 1.43. The third-order valence-corrected chi connectivity index (χ3v) is 3.54. The van der Waals surface area contributed by atoms with Crippen LogP contribution in [0.2, 0.25) is 0 Å². The Hall–Kier alpha value is -1.92. The van der Waals surface area contributed by atoms with Gasteiger partial charge in [0.25, 0.3) is 0 Å². The van der Waals surface area contributed by atoms with Crippen LogP contribution in [0.1, 0.15) is 18.4 Å². The summed E-state index contributed by atoms with van der Waals surface area (Å²) < 4.78 is 10.6. The lowest BCUT2D eigenvalue weighted by Crippen LogP contribution is -2.41. The Kier molecular flexibility index (Phi) is 6.36. The lowest BCUT2D eigenvalue weighted by atomic mass is 10.2. The van der Waals surface area contributed by atoms with Crippen LogP contribution >= 0.6 is 12.2 Å². The summed E-state index contributed by atoms with van der Waals surface area (Å²) in [7, 11) is 1.61. The summed E-state index contributed by atoms with van der Waals surface area (Å²) in [5.41, 5.74) is 0.911. The molecule has 0 radical (unpaired) electrons. The van der Waals surface area contributed by atoms with Gasteiger partial charge < -0.3 is 14.8 Å². The van der Waals surface area contributed by atoms with Crippen molar-refractivity contribution in [3.8, 4) is 5.75 Å². The number of hydrogen-bond donors (Lipinski definition) is 2. The minimum absolute atomic E-state index is 0.185. The van der Waals surface area contributed by atoms with E-state index in [2.05, 4.69) is 10.6 Å². The summed E-state index contributed by atoms with van der Waals surface area (Å²) in [6.07, 6.45) is 5.46. The van der Waals surface area contributed by atoms with Crippen molar-refractivity contribution in [2.75, 3.05) is 20.3 Å². The summed E-state index contributed by atoms with van der Waals surface area (Å²) in [4.78, 5) is 11.8. The molecule has 0 saturated carbocycles. The first-order valence-electron chi connectivity index (χ1n) is 7.20. The molecule has 1 atom stereocenters. The summed E-state index contributed by atoms with van der Waals surface area (Å²) in [5, 5.41) is 5.92. The highest BCUT2D eigenvalue weighted by molar-refractivity contribution is 7.80. The Balaban J connectivity index is 1.73. The molecule has 0 aromatic heterocycles. The number of amides is 1. The fraction of sp³-hybridized carbons (Fsp3) is 0.375. The molecule has 2 N–H and O–H groups in total. The highest BCUT2D eigenvalue weighted by Crippen LogP contribution is 2.12. The van der Waals surface area contributed by atoms with Gasteiger partial charge in [0.1, 0.15) is 5.75 Å². The van der Waals surface area contributed by atoms with Crippen LogP contribution in [0.5, 0.6) is 5.75 Å². The number of thiocarbonyl (C=S) groups is 1. The Morgan fingerprint density at radius 1 is 1.45 bits per heavy atom. The molecule has 0 spiro atoms. The molecule has 5 nitrogen and oxygen atoms in total. The van der Waals surface area contributed by atoms with Gasteiger partial charge >= 0.3 is 0 Å². The lowest BCUT2D eigenvalue weighted by molar-refractivity contribution is -0.115. The van der Waals surface area contributed by atoms with Crippen LogP contribution in [-0.2, 0) is 9.53 Å². The van der Waals surface area contributed by atoms with Crippen LogP contribution in [0.25, 0.3) is 6.08 Å². The number of benzene rings is 1. The van der Waals surface area contributed by atoms with E-state index in [9.17, 15) is 4.79 Å². The minimum Gasteiger partial charge on any atom is -0.497 e. The summed E-state index contributed by atoms with van der Waals surface area (Å²) in [5.74, 6) is 0.516. The first-order chi connectivity index (χ1) is 10.7. The van der Waals surface area contributed by atoms with E-state index in [-0.39, 0.29) is 12.0 Å². The van der Waals surface area contributed by atoms with Gasteiger partial charge in [-0.15, -0.1) is 0 Å². The van der Waals surface area contributed by atoms with Crippen molar-refractivity contribution in [2.45, 2.75) is 18.9 Å². The SMILES string of the molecule is COc1ccc(/C=C/C(=O)NC(=S)NC[C@@H]2CCCO2)cc1. The number of rotatable bonds is 5. The van der Waals surface area contributed by atoms with Gasteiger partial charge in [-0.2, -0.15) is 0 Å². The van der Waals surface area contributed by atoms with Crippen LogP contribution < -0.4 is 15.4 Å². The van der Waals surface area contributed by atoms with Gasteiger partial charge in [-0.05, 0) is 48.8 Å². The largest absolute Gasteiger partial charge is 0.497 e. The van der Waals surface area contributed by atoms with Crippen molar-refractivity contribution in [2.24, 2.45) is 0 Å². The normalized spacial score (nSPS) is 17.4. The number of nitrogens with one attached hydrogen (secondary N) is 2. The Labute approximate surface area is 135 Å². The Morgan fingerprint density at radius 2 is 2.23 bits per heavy atom. The van der Waals surface area contributed by atoms with E-state index in [1.165, 1.54) is 6.08 Å². The maximum absolute atomic E-state index is 11.8. The average molecular weight is 320 g/mol. The molecule has 1 aromatic carbocycles. The van der Waals surface area contributed by atoms with Crippen LogP contribution in [0.15, 0.2) is 30.3 Å². The highest BCUT2D eigenvalue weighted by atomic mass is 32.1. The second kappa shape index (κ2) is 8.51. The molecule has 118 valence electrons. The Bertz CT molecular complexity index is 537. The van der Waals surface area contributed by atoms with Gasteiger partial charge in [0.2, 0.25) is 5.91 Å². The van der Waals surface area contributed by atoms with Gasteiger partial charge in [-0.25, -0.2) is 0 Å². The molecule has 1 amide bonds. The maximum atomic E-state index is 11.8. The average Bonchev–Trinajstić information content (AvgIpc) is 3.05. The molecule has 1 aliphatic heterocycles. The number of methoxy groups -OCH3 is 1. The predicted octanol–water partition coefficient (Wildman–Crippen LogP) is 1.88. The summed E-state index contributed by atoms with van der Waals surface area (Å²) >= 11 is 5.08. The monoisotopic (exact) mass is 320 g/mol. The smallest absolute Gasteiger partial charge is 0.250 e. The Morgan fingerprint density at radius 3 is 2.86 bits per heavy atom. The molecular formula is C16H20N2O3S. The first-order valence-corrected chi connectivity index (χ1v) is 7.61. The van der Waals surface area contributed by atoms with E-state index in [1.807, 2.05) is 24.3 Å². The van der Waals surface area contributed by atoms with E-state index in [1.54, 1.807) is 13.2 Å². The molecule has 1 saturated heterocycles. The van der Waals surface area contributed by atoms with Gasteiger partial charge in [-0.1, -0.05) is 12.1 Å². The fourth-order valence-electron chi connectivity index (χ4n) is 2.10. The molecule has 1 aromatic rings. The van der Waals surface area contributed by atoms with Crippen molar-refractivity contribution < 1.29 is 14.3 Å². The third kappa shape index (κ3) is 5.46. The molecule has 1 heterocycles. The molecule has 2 rings (SSSR count). The molecular weight excluding hydrogens is 300 g/mol. The molecule has 0 unspecified atom stereocenters. The van der Waals surface area contributed by atoms with Gasteiger partial charge in [0.05, 0.1) is 13.2 Å². The quantitative estimate of drug-likeness (QED) is 0.641. The number of carbonyl (C=O) groups is 1. The molecule has 22 heavy (non-hydrogen) atoms. The van der Waals surface area contributed by atoms with Gasteiger partial charge in [-0.3, -0.25) is 10.1 Å². The van der Waals surface area contributed by atoms with Gasteiger partial charge in [0, 0.05) is 19.2 Å². The predicted molar refractivity (Wildman–Crippen MR) is 89.7 cm³/mol. The molecule has 1 fully saturated rings. The van der Waals surface area contributed by atoms with Gasteiger partial charge in [0.15, 0.2) is 5.11 Å². The standard InChI is InChI=1S/C16H20N2O3S/c1-20-13-7-4-12(5-8-13)6-9-15(19)18-16(22)17-11-14-3-2-10-21-14/h4-9,14H,2-3,10-11H2,1H3,(H2,17,18,19,22)/b9-6+/t14-/m0/s1. The maximum Gasteiger partial charge on any atom is 0.250 e. The molecule has 6 heteroatoms. The van der Waals surface area contributed by atoms with E-state index < -0.39 is 0 Å². The topological polar surface area (TPSA) is 59.6 Å². The van der Waals surface area contributed by atoms with E-state index in [4.69, 9.17) is 21.7 Å². The van der Waals surface area contributed by atoms with Crippen LogP contribution in [0.4, 0.5) is 0 Å². The summed E-state index contributed by atoms with van der Waals surface area (Å²) in [6, 6.07) is 7.42. The zero-order valence-corrected chi connectivity index (χ0v) is 13.3. The van der Waals surface area contributed by atoms with Crippen molar-refractivity contribution in [3.63, 3.8) is 0 Å². The first kappa shape index (κ1) is 16.5. The fourth-order valence-corrected chi connectivity index (χ4v) is 2.28. The number of hydrogen-bond acceptors (Lipinski definition) is 4.